The van der Waals surface area contributed by atoms with Crippen molar-refractivity contribution in [3.63, 3.8) is 0 Å². The van der Waals surface area contributed by atoms with Gasteiger partial charge in [-0.25, -0.2) is 0 Å². The molecule has 0 aromatic heterocycles. The Labute approximate surface area is 142 Å². The van der Waals surface area contributed by atoms with Crippen LogP contribution in [0, 0.1) is 80.3 Å². The van der Waals surface area contributed by atoms with Crippen molar-refractivity contribution in [2.24, 2.45) is 35.0 Å². The third-order valence-corrected chi connectivity index (χ3v) is 6.77. The van der Waals surface area contributed by atoms with Crippen LogP contribution in [0.3, 0.4) is 0 Å². The van der Waals surface area contributed by atoms with E-state index in [9.17, 15) is 21.0 Å². The Kier molecular flexibility index (Phi) is 4.10. The largest absolute Gasteiger partial charge is 0.198 e. The van der Waals surface area contributed by atoms with Gasteiger partial charge in [-0.15, -0.1) is 12.6 Å². The molecular weight excluding hydrogens is 304 g/mol. The molecule has 4 bridgehead atoms. The lowest BCUT2D eigenvalue weighted by atomic mass is 9.40. The predicted molar refractivity (Wildman–Crippen MR) is 86.0 cm³/mol. The van der Waals surface area contributed by atoms with Crippen molar-refractivity contribution in [1.82, 2.24) is 0 Å². The zero-order valence-electron chi connectivity index (χ0n) is 12.9. The number of allylic oxidation sites excluding steroid dienone is 2. The third kappa shape index (κ3) is 2.16. The second-order valence-corrected chi connectivity index (χ2v) is 7.65. The standard InChI is InChI=1S/C18H18N4S/c19-2-1-16(17(23)10-22)18(15(8-20)9-21)13-4-11-3-12(6-13)7-14(18)5-11/h11-15,23H,1,3-7H2. The minimum absolute atomic E-state index is 0.0780. The van der Waals surface area contributed by atoms with Crippen molar-refractivity contribution in [2.45, 2.75) is 38.5 Å². The lowest BCUT2D eigenvalue weighted by molar-refractivity contribution is -0.0987. The highest BCUT2D eigenvalue weighted by Gasteiger charge is 2.62. The van der Waals surface area contributed by atoms with Crippen LogP contribution in [0.15, 0.2) is 10.5 Å². The van der Waals surface area contributed by atoms with E-state index in [1.165, 1.54) is 6.42 Å². The van der Waals surface area contributed by atoms with E-state index in [2.05, 4.69) is 36.9 Å². The Morgan fingerprint density at radius 3 is 1.87 bits per heavy atom. The summed E-state index contributed by atoms with van der Waals surface area (Å²) in [7, 11) is 0. The summed E-state index contributed by atoms with van der Waals surface area (Å²) in [6, 6.07) is 8.58. The second-order valence-electron chi connectivity index (χ2n) is 7.20. The number of thiol groups is 1. The molecule has 4 nitrogen and oxygen atoms in total. The van der Waals surface area contributed by atoms with E-state index in [-0.39, 0.29) is 23.2 Å². The van der Waals surface area contributed by atoms with Crippen LogP contribution in [0.2, 0.25) is 0 Å². The quantitative estimate of drug-likeness (QED) is 0.633. The van der Waals surface area contributed by atoms with E-state index in [0.717, 1.165) is 25.7 Å². The van der Waals surface area contributed by atoms with Gasteiger partial charge < -0.3 is 0 Å². The van der Waals surface area contributed by atoms with Gasteiger partial charge in [0, 0.05) is 5.41 Å². The highest BCUT2D eigenvalue weighted by atomic mass is 32.1. The van der Waals surface area contributed by atoms with Crippen molar-refractivity contribution < 1.29 is 0 Å². The SMILES string of the molecule is N#CCC(=C(S)C#N)C1(C(C#N)C#N)C2CC3CC(C2)CC1C3. The molecule has 0 radical (unpaired) electrons. The number of hydrogen-bond donors (Lipinski definition) is 1. The maximum Gasteiger partial charge on any atom is 0.143 e. The van der Waals surface area contributed by atoms with Crippen molar-refractivity contribution in [1.29, 1.82) is 21.0 Å². The van der Waals surface area contributed by atoms with Gasteiger partial charge in [-0.3, -0.25) is 0 Å². The Hall–Kier alpha value is -1.95. The summed E-state index contributed by atoms with van der Waals surface area (Å²) < 4.78 is 0. The topological polar surface area (TPSA) is 95.2 Å². The Morgan fingerprint density at radius 2 is 1.48 bits per heavy atom. The van der Waals surface area contributed by atoms with Gasteiger partial charge in [-0.1, -0.05) is 0 Å². The molecule has 0 aromatic rings. The first-order valence-electron chi connectivity index (χ1n) is 8.10. The number of nitrogens with zero attached hydrogens (tertiary/aromatic N) is 4. The van der Waals surface area contributed by atoms with Crippen LogP contribution in [0.1, 0.15) is 38.5 Å². The van der Waals surface area contributed by atoms with Crippen molar-refractivity contribution in [3.8, 4) is 24.3 Å². The molecule has 4 aliphatic rings. The molecule has 0 N–H and O–H groups in total. The summed E-state index contributed by atoms with van der Waals surface area (Å²) in [5.74, 6) is 0.995. The average Bonchev–Trinajstić information content (AvgIpc) is 2.55. The van der Waals surface area contributed by atoms with Gasteiger partial charge in [0.05, 0.1) is 29.5 Å². The Bertz CT molecular complexity index is 667. The monoisotopic (exact) mass is 322 g/mol. The van der Waals surface area contributed by atoms with Crippen LogP contribution in [0.25, 0.3) is 0 Å². The highest BCUT2D eigenvalue weighted by molar-refractivity contribution is 7.84. The first-order chi connectivity index (χ1) is 11.1. The van der Waals surface area contributed by atoms with E-state index >= 15 is 0 Å². The predicted octanol–water partition coefficient (Wildman–Crippen LogP) is 3.71. The number of nitriles is 4. The van der Waals surface area contributed by atoms with E-state index in [0.29, 0.717) is 17.4 Å². The van der Waals surface area contributed by atoms with Crippen LogP contribution in [0.5, 0.6) is 0 Å². The van der Waals surface area contributed by atoms with E-state index in [1.807, 2.05) is 0 Å². The smallest absolute Gasteiger partial charge is 0.143 e. The van der Waals surface area contributed by atoms with Crippen molar-refractivity contribution in [2.75, 3.05) is 0 Å². The maximum atomic E-state index is 9.66. The molecule has 5 heteroatoms. The van der Waals surface area contributed by atoms with Gasteiger partial charge in [0.25, 0.3) is 0 Å². The molecule has 116 valence electrons. The molecular formula is C18H18N4S. The lowest BCUT2D eigenvalue weighted by Crippen LogP contribution is -2.57. The first-order valence-corrected chi connectivity index (χ1v) is 8.55. The van der Waals surface area contributed by atoms with Gasteiger partial charge in [0.2, 0.25) is 0 Å². The molecule has 23 heavy (non-hydrogen) atoms. The first kappa shape index (κ1) is 15.9. The molecule has 4 aliphatic carbocycles. The molecule has 4 fully saturated rings. The normalized spacial score (nSPS) is 38.2. The second kappa shape index (κ2) is 5.92. The zero-order valence-corrected chi connectivity index (χ0v) is 13.8. The van der Waals surface area contributed by atoms with Crippen LogP contribution < -0.4 is 0 Å². The Balaban J connectivity index is 2.22. The fourth-order valence-corrected chi connectivity index (χ4v) is 6.21. The highest BCUT2D eigenvalue weighted by Crippen LogP contribution is 2.68. The summed E-state index contributed by atoms with van der Waals surface area (Å²) in [4.78, 5) is 0.231. The summed E-state index contributed by atoms with van der Waals surface area (Å²) in [6.07, 6.45) is 5.37. The van der Waals surface area contributed by atoms with Crippen molar-refractivity contribution >= 4 is 12.6 Å². The maximum absolute atomic E-state index is 9.66. The molecule has 0 amide bonds. The van der Waals surface area contributed by atoms with Crippen LogP contribution in [0.4, 0.5) is 0 Å². The fourth-order valence-electron chi connectivity index (χ4n) is 5.93. The Morgan fingerprint density at radius 1 is 0.957 bits per heavy atom. The van der Waals surface area contributed by atoms with Gasteiger partial charge in [-0.2, -0.15) is 21.0 Å². The zero-order chi connectivity index (χ0) is 16.6. The molecule has 0 aromatic carbocycles. The number of hydrogen-bond acceptors (Lipinski definition) is 5. The van der Waals surface area contributed by atoms with E-state index in [1.54, 1.807) is 0 Å². The van der Waals surface area contributed by atoms with Crippen LogP contribution in [-0.4, -0.2) is 0 Å². The minimum Gasteiger partial charge on any atom is -0.198 e. The van der Waals surface area contributed by atoms with Gasteiger partial charge in [-0.05, 0) is 61.3 Å². The molecule has 0 unspecified atom stereocenters. The van der Waals surface area contributed by atoms with Gasteiger partial charge in [0.15, 0.2) is 0 Å². The van der Waals surface area contributed by atoms with Gasteiger partial charge >= 0.3 is 0 Å². The summed E-state index contributed by atoms with van der Waals surface area (Å²) in [5.41, 5.74) is -0.00726. The van der Waals surface area contributed by atoms with Gasteiger partial charge in [0.1, 0.15) is 12.0 Å². The molecule has 0 spiro atoms. The number of rotatable bonds is 3. The lowest BCUT2D eigenvalue weighted by Gasteiger charge is -2.62. The molecule has 0 aliphatic heterocycles. The summed E-state index contributed by atoms with van der Waals surface area (Å²) in [6.45, 7) is 0. The molecule has 4 saturated carbocycles. The molecule has 0 saturated heterocycles. The molecule has 4 rings (SSSR count). The summed E-state index contributed by atoms with van der Waals surface area (Å²) >= 11 is 4.32. The molecule has 0 heterocycles. The van der Waals surface area contributed by atoms with Crippen molar-refractivity contribution in [3.05, 3.63) is 10.5 Å². The van der Waals surface area contributed by atoms with E-state index in [4.69, 9.17) is 0 Å². The van der Waals surface area contributed by atoms with Crippen LogP contribution >= 0.6 is 12.6 Å². The average molecular weight is 322 g/mol. The van der Waals surface area contributed by atoms with E-state index < -0.39 is 11.3 Å². The minimum atomic E-state index is -0.809. The third-order valence-electron chi connectivity index (χ3n) is 6.40. The fraction of sp³-hybridized carbons (Fsp3) is 0.667. The summed E-state index contributed by atoms with van der Waals surface area (Å²) in [5, 5.41) is 38.0. The molecule has 0 atom stereocenters. The van der Waals surface area contributed by atoms with Crippen LogP contribution in [-0.2, 0) is 0 Å².